The summed E-state index contributed by atoms with van der Waals surface area (Å²) in [5, 5.41) is 0. The molecule has 222 valence electrons. The minimum Gasteiger partial charge on any atom is -0.204 e. The van der Waals surface area contributed by atoms with Crippen LogP contribution in [0.2, 0.25) is 0 Å². The molecule has 0 fully saturated rings. The summed E-state index contributed by atoms with van der Waals surface area (Å²) in [6.45, 7) is 39.9. The molecule has 0 aliphatic rings. The minimum absolute atomic E-state index is 0.719. The van der Waals surface area contributed by atoms with Crippen molar-refractivity contribution in [3.8, 4) is 0 Å². The Morgan fingerprint density at radius 2 is 1.49 bits per heavy atom. The molecule has 0 amide bonds. The van der Waals surface area contributed by atoms with E-state index in [2.05, 4.69) is 98.6 Å². The first-order chi connectivity index (χ1) is 19.0. The molecule has 0 saturated heterocycles. The number of hydrogen-bond donors (Lipinski definition) is 0. The van der Waals surface area contributed by atoms with E-state index in [0.29, 0.717) is 0 Å². The number of pyridine rings is 1. The molecule has 0 unspecified atom stereocenters. The Hall–Kier alpha value is -3.00. The monoisotopic (exact) mass is 539 g/mol. The summed E-state index contributed by atoms with van der Waals surface area (Å²) in [6, 6.07) is 4.20. The summed E-state index contributed by atoms with van der Waals surface area (Å²) in [6.07, 6.45) is 24.6. The van der Waals surface area contributed by atoms with Crippen LogP contribution in [0.3, 0.4) is 0 Å². The summed E-state index contributed by atoms with van der Waals surface area (Å²) in [5.41, 5.74) is 4.61. The largest absolute Gasteiger partial charge is 0.204 e. The lowest BCUT2D eigenvalue weighted by atomic mass is 10.1. The van der Waals surface area contributed by atoms with E-state index in [-0.39, 0.29) is 0 Å². The molecule has 0 radical (unpaired) electrons. The van der Waals surface area contributed by atoms with Gasteiger partial charge in [-0.15, -0.1) is 0 Å². The molecule has 0 aliphatic heterocycles. The molecule has 2 heteroatoms. The molecule has 0 atom stereocenters. The lowest BCUT2D eigenvalue weighted by Gasteiger charge is -2.04. The van der Waals surface area contributed by atoms with Gasteiger partial charge in [0.15, 0.2) is 31.7 Å². The van der Waals surface area contributed by atoms with Crippen LogP contribution in [-0.2, 0) is 6.54 Å². The van der Waals surface area contributed by atoms with Gasteiger partial charge in [-0.05, 0) is 25.0 Å². The van der Waals surface area contributed by atoms with Crippen LogP contribution in [-0.4, -0.2) is 17.3 Å². The fourth-order valence-electron chi connectivity index (χ4n) is 2.67. The van der Waals surface area contributed by atoms with Crippen molar-refractivity contribution in [2.75, 3.05) is 6.54 Å². The maximum absolute atomic E-state index is 4.10. The lowest BCUT2D eigenvalue weighted by Crippen LogP contribution is -2.34. The summed E-state index contributed by atoms with van der Waals surface area (Å²) in [5.74, 6) is 0. The van der Waals surface area contributed by atoms with E-state index in [4.69, 9.17) is 0 Å². The Kier molecular flexibility index (Phi) is 46.5. The van der Waals surface area contributed by atoms with Gasteiger partial charge in [0.2, 0.25) is 0 Å². The molecular weight excluding hydrogens is 472 g/mol. The average molecular weight is 539 g/mol. The molecule has 0 bridgehead atoms. The van der Waals surface area contributed by atoms with Crippen molar-refractivity contribution in [3.63, 3.8) is 0 Å². The van der Waals surface area contributed by atoms with Crippen molar-refractivity contribution in [2.45, 2.75) is 109 Å². The zero-order valence-corrected chi connectivity index (χ0v) is 28.3. The molecule has 2 nitrogen and oxygen atoms in total. The fraction of sp³-hybridized carbons (Fsp3) is 0.459. The van der Waals surface area contributed by atoms with Crippen LogP contribution >= 0.6 is 0 Å². The molecule has 1 aromatic rings. The molecule has 1 aromatic heterocycles. The number of allylic oxidation sites excluding steroid dienone is 8. The van der Waals surface area contributed by atoms with E-state index >= 15 is 0 Å². The summed E-state index contributed by atoms with van der Waals surface area (Å²) in [7, 11) is 0. The van der Waals surface area contributed by atoms with Crippen molar-refractivity contribution in [1.82, 2.24) is 0 Å². The van der Waals surface area contributed by atoms with Gasteiger partial charge < -0.3 is 0 Å². The average Bonchev–Trinajstić information content (AvgIpc) is 3.00. The summed E-state index contributed by atoms with van der Waals surface area (Å²) in [4.78, 5) is 0. The quantitative estimate of drug-likeness (QED) is 0.150. The Morgan fingerprint density at radius 3 is 1.92 bits per heavy atom. The maximum atomic E-state index is 4.10. The van der Waals surface area contributed by atoms with Crippen LogP contribution in [0, 0.1) is 0 Å². The standard InChI is InChI=1S/C26H34N2.C3H8.4C2H6/c1-7-12-15-23(6)19-27(11-5)21-25(10-4)26-17-14-18-28(22-26)20-24(9-3)16-13-8-2;1-3-2;4*1-2/h7-8,10-18,21-22H,1,4,6,9,19-20H2,2-3,5H3;3H2,1-2H3;4*1-2H3/q+2;;;;;/b13-8-,15-12-,24-16+,25-21+,27-11?;;;;;. The van der Waals surface area contributed by atoms with E-state index < -0.39 is 0 Å². The summed E-state index contributed by atoms with van der Waals surface area (Å²) >= 11 is 0. The van der Waals surface area contributed by atoms with Gasteiger partial charge >= 0.3 is 0 Å². The second-order valence-electron chi connectivity index (χ2n) is 7.15. The van der Waals surface area contributed by atoms with Crippen LogP contribution in [0.15, 0.2) is 104 Å². The van der Waals surface area contributed by atoms with Gasteiger partial charge in [-0.2, -0.15) is 0 Å². The van der Waals surface area contributed by atoms with Crippen LogP contribution in [0.4, 0.5) is 0 Å². The first kappa shape index (κ1) is 45.9. The van der Waals surface area contributed by atoms with Crippen LogP contribution in [0.1, 0.15) is 108 Å². The van der Waals surface area contributed by atoms with E-state index in [1.807, 2.05) is 93.7 Å². The molecule has 0 saturated carbocycles. The maximum Gasteiger partial charge on any atom is 0.177 e. The van der Waals surface area contributed by atoms with Crippen molar-refractivity contribution < 1.29 is 9.14 Å². The molecule has 0 aliphatic carbocycles. The van der Waals surface area contributed by atoms with Crippen molar-refractivity contribution in [2.24, 2.45) is 0 Å². The molecule has 0 N–H and O–H groups in total. The van der Waals surface area contributed by atoms with Gasteiger partial charge in [0.05, 0.1) is 11.1 Å². The second-order valence-corrected chi connectivity index (χ2v) is 7.15. The van der Waals surface area contributed by atoms with E-state index in [9.17, 15) is 0 Å². The van der Waals surface area contributed by atoms with E-state index in [1.165, 1.54) is 12.0 Å². The third-order valence-electron chi connectivity index (χ3n) is 4.27. The highest BCUT2D eigenvalue weighted by Gasteiger charge is 2.10. The molecule has 39 heavy (non-hydrogen) atoms. The smallest absolute Gasteiger partial charge is 0.177 e. The highest BCUT2D eigenvalue weighted by molar-refractivity contribution is 5.71. The van der Waals surface area contributed by atoms with Gasteiger partial charge in [-0.25, -0.2) is 9.14 Å². The van der Waals surface area contributed by atoms with Gasteiger partial charge in [0, 0.05) is 18.6 Å². The zero-order valence-electron chi connectivity index (χ0n) is 28.3. The van der Waals surface area contributed by atoms with Crippen LogP contribution in [0.5, 0.6) is 0 Å². The van der Waals surface area contributed by atoms with Crippen molar-refractivity contribution >= 4 is 11.8 Å². The molecular formula is C37H66N2+2. The van der Waals surface area contributed by atoms with Crippen molar-refractivity contribution in [3.05, 3.63) is 110 Å². The van der Waals surface area contributed by atoms with Gasteiger partial charge in [0.25, 0.3) is 0 Å². The topological polar surface area (TPSA) is 6.89 Å². The summed E-state index contributed by atoms with van der Waals surface area (Å²) < 4.78 is 4.34. The third kappa shape index (κ3) is 27.8. The Bertz CT molecular complexity index is 846. The zero-order chi connectivity index (χ0) is 31.5. The fourth-order valence-corrected chi connectivity index (χ4v) is 2.67. The molecule has 0 spiro atoms. The first-order valence-electron chi connectivity index (χ1n) is 15.2. The minimum atomic E-state index is 0.719. The highest BCUT2D eigenvalue weighted by Crippen LogP contribution is 2.14. The second kappa shape index (κ2) is 39.5. The predicted octanol–water partition coefficient (Wildman–Crippen LogP) is 11.3. The Labute approximate surface area is 246 Å². The first-order valence-corrected chi connectivity index (χ1v) is 15.2. The van der Waals surface area contributed by atoms with Gasteiger partial charge in [-0.3, -0.25) is 0 Å². The number of rotatable bonds is 11. The van der Waals surface area contributed by atoms with Crippen LogP contribution < -0.4 is 4.57 Å². The normalized spacial score (nSPS) is 10.6. The molecule has 1 heterocycles. The van der Waals surface area contributed by atoms with Gasteiger partial charge in [0.1, 0.15) is 6.21 Å². The third-order valence-corrected chi connectivity index (χ3v) is 4.27. The van der Waals surface area contributed by atoms with E-state index in [0.717, 1.165) is 36.2 Å². The number of hydrogen-bond acceptors (Lipinski definition) is 0. The SMILES string of the molecule is C=C/C=C\C(=C)C[N+](=CC)/C=C(\C=C)c1ccc[n+](C/C(=C/C=C\C)CC)c1.CC.CC.CC.CC.CCC. The molecule has 1 rings (SSSR count). The Morgan fingerprint density at radius 1 is 0.923 bits per heavy atom. The van der Waals surface area contributed by atoms with E-state index in [1.54, 1.807) is 6.08 Å². The predicted molar refractivity (Wildman–Crippen MR) is 185 cm³/mol. The van der Waals surface area contributed by atoms with Crippen molar-refractivity contribution in [1.29, 1.82) is 0 Å². The highest BCUT2D eigenvalue weighted by atomic mass is 15.0. The molecule has 0 aromatic carbocycles. The Balaban J connectivity index is -0.000000307. The number of nitrogens with zero attached hydrogens (tertiary/aromatic N) is 2. The number of aromatic nitrogens is 1. The van der Waals surface area contributed by atoms with Gasteiger partial charge in [-0.1, -0.05) is 145 Å². The lowest BCUT2D eigenvalue weighted by molar-refractivity contribution is -0.689. The van der Waals surface area contributed by atoms with Crippen LogP contribution in [0.25, 0.3) is 5.57 Å².